The quantitative estimate of drug-likeness (QED) is 0.882. The molecular weight excluding hydrogens is 342 g/mol. The van der Waals surface area contributed by atoms with Crippen LogP contribution in [0.25, 0.3) is 0 Å². The molecule has 0 spiro atoms. The number of rotatable bonds is 4. The van der Waals surface area contributed by atoms with Gasteiger partial charge in [-0.3, -0.25) is 4.79 Å². The van der Waals surface area contributed by atoms with Crippen molar-refractivity contribution in [2.75, 3.05) is 11.9 Å². The van der Waals surface area contributed by atoms with Crippen LogP contribution in [0.3, 0.4) is 0 Å². The van der Waals surface area contributed by atoms with Crippen molar-refractivity contribution in [3.8, 4) is 5.75 Å². The molecule has 5 heteroatoms. The average Bonchev–Trinajstić information content (AvgIpc) is 2.40. The van der Waals surface area contributed by atoms with Crippen LogP contribution in [0.1, 0.15) is 5.56 Å². The van der Waals surface area contributed by atoms with E-state index in [1.54, 1.807) is 18.2 Å². The Morgan fingerprint density at radius 1 is 1.30 bits per heavy atom. The lowest BCUT2D eigenvalue weighted by molar-refractivity contribution is -0.118. The molecule has 0 aliphatic heterocycles. The minimum absolute atomic E-state index is 0.0609. The third kappa shape index (κ3) is 3.99. The van der Waals surface area contributed by atoms with Crippen LogP contribution in [0.15, 0.2) is 46.9 Å². The summed E-state index contributed by atoms with van der Waals surface area (Å²) in [5.41, 5.74) is 1.80. The van der Waals surface area contributed by atoms with Crippen molar-refractivity contribution in [1.82, 2.24) is 0 Å². The third-order valence-electron chi connectivity index (χ3n) is 2.67. The Kier molecular flexibility index (Phi) is 5.04. The number of aryl methyl sites for hydroxylation is 1. The zero-order valence-electron chi connectivity index (χ0n) is 10.8. The summed E-state index contributed by atoms with van der Waals surface area (Å²) in [7, 11) is 0. The lowest BCUT2D eigenvalue weighted by Crippen LogP contribution is -2.20. The maximum Gasteiger partial charge on any atom is 0.262 e. The molecule has 0 unspecified atom stereocenters. The van der Waals surface area contributed by atoms with E-state index in [1.165, 1.54) is 0 Å². The number of benzene rings is 2. The number of hydrogen-bond donors (Lipinski definition) is 1. The van der Waals surface area contributed by atoms with E-state index in [0.29, 0.717) is 15.2 Å². The summed E-state index contributed by atoms with van der Waals surface area (Å²) in [6.45, 7) is 1.88. The highest BCUT2D eigenvalue weighted by molar-refractivity contribution is 9.10. The predicted molar refractivity (Wildman–Crippen MR) is 84.5 cm³/mol. The van der Waals surface area contributed by atoms with Gasteiger partial charge in [-0.2, -0.15) is 0 Å². The van der Waals surface area contributed by atoms with Crippen LogP contribution >= 0.6 is 27.5 Å². The molecule has 104 valence electrons. The Labute approximate surface area is 131 Å². The largest absolute Gasteiger partial charge is 0.483 e. The number of ether oxygens (including phenoxy) is 1. The van der Waals surface area contributed by atoms with Gasteiger partial charge < -0.3 is 10.1 Å². The highest BCUT2D eigenvalue weighted by atomic mass is 79.9. The van der Waals surface area contributed by atoms with Crippen molar-refractivity contribution in [2.45, 2.75) is 6.92 Å². The normalized spacial score (nSPS) is 10.2. The average molecular weight is 355 g/mol. The van der Waals surface area contributed by atoms with E-state index in [9.17, 15) is 4.79 Å². The smallest absolute Gasteiger partial charge is 0.262 e. The molecule has 0 aliphatic rings. The van der Waals surface area contributed by atoms with Gasteiger partial charge in [0.2, 0.25) is 0 Å². The predicted octanol–water partition coefficient (Wildman–Crippen LogP) is 4.43. The van der Waals surface area contributed by atoms with Crippen molar-refractivity contribution >= 4 is 39.1 Å². The molecule has 2 aromatic carbocycles. The van der Waals surface area contributed by atoms with Crippen molar-refractivity contribution in [2.24, 2.45) is 0 Å². The van der Waals surface area contributed by atoms with E-state index in [2.05, 4.69) is 21.2 Å². The standard InChI is InChI=1S/C15H13BrClNO2/c1-10-4-2-3-5-13(10)18-15(19)9-20-14-7-6-11(17)8-12(14)16/h2-8H,9H2,1H3,(H,18,19). The molecule has 0 saturated heterocycles. The fraction of sp³-hybridized carbons (Fsp3) is 0.133. The van der Waals surface area contributed by atoms with Gasteiger partial charge in [-0.15, -0.1) is 0 Å². The number of carbonyl (C=O) groups excluding carboxylic acids is 1. The molecule has 0 atom stereocenters. The molecular formula is C15H13BrClNO2. The molecule has 1 N–H and O–H groups in total. The number of amides is 1. The van der Waals surface area contributed by atoms with Gasteiger partial charge in [-0.1, -0.05) is 29.8 Å². The van der Waals surface area contributed by atoms with Gasteiger partial charge in [-0.05, 0) is 52.7 Å². The molecule has 0 bridgehead atoms. The van der Waals surface area contributed by atoms with Gasteiger partial charge in [0.1, 0.15) is 5.75 Å². The Balaban J connectivity index is 1.94. The summed E-state index contributed by atoms with van der Waals surface area (Å²) in [4.78, 5) is 11.8. The maximum atomic E-state index is 11.8. The number of carbonyl (C=O) groups is 1. The zero-order valence-corrected chi connectivity index (χ0v) is 13.2. The van der Waals surface area contributed by atoms with E-state index < -0.39 is 0 Å². The second-order valence-corrected chi connectivity index (χ2v) is 5.52. The Bertz CT molecular complexity index is 631. The summed E-state index contributed by atoms with van der Waals surface area (Å²) in [5.74, 6) is 0.371. The van der Waals surface area contributed by atoms with Gasteiger partial charge in [0, 0.05) is 10.7 Å². The van der Waals surface area contributed by atoms with Crippen LogP contribution in [0, 0.1) is 6.92 Å². The fourth-order valence-corrected chi connectivity index (χ4v) is 2.43. The summed E-state index contributed by atoms with van der Waals surface area (Å²) in [6.07, 6.45) is 0. The van der Waals surface area contributed by atoms with E-state index in [-0.39, 0.29) is 12.5 Å². The molecule has 0 saturated carbocycles. The van der Waals surface area contributed by atoms with Crippen LogP contribution < -0.4 is 10.1 Å². The monoisotopic (exact) mass is 353 g/mol. The fourth-order valence-electron chi connectivity index (χ4n) is 1.64. The van der Waals surface area contributed by atoms with Crippen molar-refractivity contribution < 1.29 is 9.53 Å². The van der Waals surface area contributed by atoms with Crippen molar-refractivity contribution in [3.63, 3.8) is 0 Å². The van der Waals surface area contributed by atoms with Gasteiger partial charge in [0.25, 0.3) is 5.91 Å². The molecule has 3 nitrogen and oxygen atoms in total. The number of para-hydroxylation sites is 1. The Hall–Kier alpha value is -1.52. The van der Waals surface area contributed by atoms with Crippen LogP contribution in [-0.2, 0) is 4.79 Å². The molecule has 2 rings (SSSR count). The van der Waals surface area contributed by atoms with Gasteiger partial charge >= 0.3 is 0 Å². The zero-order chi connectivity index (χ0) is 14.5. The number of hydrogen-bond acceptors (Lipinski definition) is 2. The first-order chi connectivity index (χ1) is 9.56. The molecule has 0 radical (unpaired) electrons. The highest BCUT2D eigenvalue weighted by Gasteiger charge is 2.07. The molecule has 0 fully saturated rings. The van der Waals surface area contributed by atoms with Crippen molar-refractivity contribution in [1.29, 1.82) is 0 Å². The number of halogens is 2. The number of nitrogens with one attached hydrogen (secondary N) is 1. The van der Waals surface area contributed by atoms with Gasteiger partial charge in [0.15, 0.2) is 6.61 Å². The Morgan fingerprint density at radius 3 is 2.75 bits per heavy atom. The second-order valence-electron chi connectivity index (χ2n) is 4.23. The van der Waals surface area contributed by atoms with E-state index in [0.717, 1.165) is 11.3 Å². The molecule has 0 heterocycles. The van der Waals surface area contributed by atoms with E-state index >= 15 is 0 Å². The van der Waals surface area contributed by atoms with E-state index in [4.69, 9.17) is 16.3 Å². The number of anilines is 1. The summed E-state index contributed by atoms with van der Waals surface area (Å²) < 4.78 is 6.16. The summed E-state index contributed by atoms with van der Waals surface area (Å²) >= 11 is 9.17. The van der Waals surface area contributed by atoms with Crippen LogP contribution in [0.5, 0.6) is 5.75 Å². The topological polar surface area (TPSA) is 38.3 Å². The minimum Gasteiger partial charge on any atom is -0.483 e. The SMILES string of the molecule is Cc1ccccc1NC(=O)COc1ccc(Cl)cc1Br. The molecule has 20 heavy (non-hydrogen) atoms. The van der Waals surface area contributed by atoms with Crippen molar-refractivity contribution in [3.05, 3.63) is 57.5 Å². The highest BCUT2D eigenvalue weighted by Crippen LogP contribution is 2.27. The lowest BCUT2D eigenvalue weighted by atomic mass is 10.2. The summed E-state index contributed by atoms with van der Waals surface area (Å²) in [6, 6.07) is 12.7. The molecule has 1 amide bonds. The third-order valence-corrected chi connectivity index (χ3v) is 3.53. The maximum absolute atomic E-state index is 11.8. The van der Waals surface area contributed by atoms with E-state index in [1.807, 2.05) is 31.2 Å². The first-order valence-electron chi connectivity index (χ1n) is 5.99. The van der Waals surface area contributed by atoms with Gasteiger partial charge in [-0.25, -0.2) is 0 Å². The molecule has 0 aliphatic carbocycles. The lowest BCUT2D eigenvalue weighted by Gasteiger charge is -2.10. The first kappa shape index (κ1) is 14.9. The summed E-state index contributed by atoms with van der Waals surface area (Å²) in [5, 5.41) is 3.41. The molecule has 2 aromatic rings. The van der Waals surface area contributed by atoms with Crippen LogP contribution in [0.4, 0.5) is 5.69 Å². The molecule has 0 aromatic heterocycles. The first-order valence-corrected chi connectivity index (χ1v) is 7.16. The minimum atomic E-state index is -0.207. The van der Waals surface area contributed by atoms with Crippen LogP contribution in [-0.4, -0.2) is 12.5 Å². The second kappa shape index (κ2) is 6.77. The Morgan fingerprint density at radius 2 is 2.05 bits per heavy atom. The van der Waals surface area contributed by atoms with Gasteiger partial charge in [0.05, 0.1) is 4.47 Å². The van der Waals surface area contributed by atoms with Crippen LogP contribution in [0.2, 0.25) is 5.02 Å².